The largest absolute Gasteiger partial charge is 0.348 e. The van der Waals surface area contributed by atoms with Crippen LogP contribution in [0.1, 0.15) is 33.2 Å². The summed E-state index contributed by atoms with van der Waals surface area (Å²) in [6, 6.07) is 17.3. The molecule has 29 heavy (non-hydrogen) atoms. The van der Waals surface area contributed by atoms with Crippen LogP contribution in [0.2, 0.25) is 0 Å². The number of hydrogen-bond donors (Lipinski definition) is 3. The van der Waals surface area contributed by atoms with Crippen molar-refractivity contribution in [1.29, 1.82) is 0 Å². The maximum Gasteiger partial charge on any atom is 0.255 e. The molecular weight excluding hydrogens is 368 g/mol. The van der Waals surface area contributed by atoms with E-state index in [1.807, 2.05) is 12.1 Å². The van der Waals surface area contributed by atoms with Crippen molar-refractivity contribution in [2.75, 3.05) is 10.6 Å². The number of anilines is 2. The molecule has 1 heterocycles. The summed E-state index contributed by atoms with van der Waals surface area (Å²) in [6.07, 6.45) is 3.12. The first-order valence-electron chi connectivity index (χ1n) is 8.97. The predicted molar refractivity (Wildman–Crippen MR) is 111 cm³/mol. The summed E-state index contributed by atoms with van der Waals surface area (Å²) in [5.74, 6) is -0.682. The van der Waals surface area contributed by atoms with Crippen molar-refractivity contribution in [3.05, 3.63) is 89.7 Å². The van der Waals surface area contributed by atoms with Crippen molar-refractivity contribution in [3.63, 3.8) is 0 Å². The topological polar surface area (TPSA) is 100 Å². The van der Waals surface area contributed by atoms with E-state index in [2.05, 4.69) is 20.9 Å². The first-order valence-corrected chi connectivity index (χ1v) is 8.97. The second-order valence-corrected chi connectivity index (χ2v) is 6.34. The average Bonchev–Trinajstić information content (AvgIpc) is 2.73. The minimum absolute atomic E-state index is 0.200. The Morgan fingerprint density at radius 3 is 2.28 bits per heavy atom. The second-order valence-electron chi connectivity index (χ2n) is 6.34. The normalized spacial score (nSPS) is 10.1. The van der Waals surface area contributed by atoms with Crippen LogP contribution in [0.3, 0.4) is 0 Å². The Morgan fingerprint density at radius 2 is 1.59 bits per heavy atom. The van der Waals surface area contributed by atoms with Crippen molar-refractivity contribution in [1.82, 2.24) is 10.3 Å². The Labute approximate surface area is 168 Å². The van der Waals surface area contributed by atoms with E-state index in [1.54, 1.807) is 54.7 Å². The van der Waals surface area contributed by atoms with E-state index in [1.165, 1.54) is 13.1 Å². The second kappa shape index (κ2) is 9.27. The number of carbonyl (C=O) groups is 3. The summed E-state index contributed by atoms with van der Waals surface area (Å²) in [6.45, 7) is 1.77. The zero-order valence-electron chi connectivity index (χ0n) is 15.8. The summed E-state index contributed by atoms with van der Waals surface area (Å²) in [7, 11) is 0. The Bertz CT molecular complexity index is 1020. The van der Waals surface area contributed by atoms with Crippen LogP contribution >= 0.6 is 0 Å². The van der Waals surface area contributed by atoms with E-state index in [9.17, 15) is 14.4 Å². The molecule has 7 nitrogen and oxygen atoms in total. The maximum atomic E-state index is 12.4. The number of amides is 3. The van der Waals surface area contributed by atoms with E-state index in [4.69, 9.17) is 0 Å². The van der Waals surface area contributed by atoms with Gasteiger partial charge in [-0.1, -0.05) is 18.2 Å². The molecule has 3 N–H and O–H groups in total. The lowest BCUT2D eigenvalue weighted by molar-refractivity contribution is -0.114. The van der Waals surface area contributed by atoms with Crippen LogP contribution in [-0.2, 0) is 11.3 Å². The Balaban J connectivity index is 1.57. The third kappa shape index (κ3) is 5.74. The molecule has 0 atom stereocenters. The van der Waals surface area contributed by atoms with E-state index in [0.717, 1.165) is 5.56 Å². The molecule has 0 saturated carbocycles. The minimum Gasteiger partial charge on any atom is -0.348 e. The third-order valence-corrected chi connectivity index (χ3v) is 4.03. The molecule has 3 rings (SSSR count). The van der Waals surface area contributed by atoms with Crippen molar-refractivity contribution in [3.8, 4) is 0 Å². The highest BCUT2D eigenvalue weighted by Gasteiger charge is 2.08. The molecule has 0 fully saturated rings. The van der Waals surface area contributed by atoms with E-state index < -0.39 is 0 Å². The van der Waals surface area contributed by atoms with Crippen LogP contribution in [0.4, 0.5) is 11.4 Å². The zero-order valence-corrected chi connectivity index (χ0v) is 15.8. The number of nitrogens with zero attached hydrogens (tertiary/aromatic N) is 1. The summed E-state index contributed by atoms with van der Waals surface area (Å²) in [5.41, 5.74) is 3.02. The summed E-state index contributed by atoms with van der Waals surface area (Å²) in [5, 5.41) is 8.28. The monoisotopic (exact) mass is 388 g/mol. The fraction of sp³-hybridized carbons (Fsp3) is 0.0909. The van der Waals surface area contributed by atoms with Crippen LogP contribution < -0.4 is 16.0 Å². The van der Waals surface area contributed by atoms with Gasteiger partial charge in [-0.2, -0.15) is 0 Å². The van der Waals surface area contributed by atoms with Crippen molar-refractivity contribution < 1.29 is 14.4 Å². The molecule has 146 valence electrons. The molecular formula is C22H20N4O3. The SMILES string of the molecule is CC(=O)Nc1cccc(C(=O)Nc2ccc(CNC(=O)c3cccnc3)cc2)c1. The number of aromatic nitrogens is 1. The van der Waals surface area contributed by atoms with Gasteiger partial charge in [0.15, 0.2) is 0 Å². The molecule has 0 bridgehead atoms. The lowest BCUT2D eigenvalue weighted by atomic mass is 10.1. The average molecular weight is 388 g/mol. The highest BCUT2D eigenvalue weighted by atomic mass is 16.2. The number of rotatable bonds is 6. The van der Waals surface area contributed by atoms with Gasteiger partial charge in [0, 0.05) is 42.8 Å². The number of nitrogens with one attached hydrogen (secondary N) is 3. The van der Waals surface area contributed by atoms with Crippen molar-refractivity contribution >= 4 is 29.1 Å². The Morgan fingerprint density at radius 1 is 0.828 bits per heavy atom. The minimum atomic E-state index is -0.283. The van der Waals surface area contributed by atoms with Crippen LogP contribution in [0, 0.1) is 0 Å². The third-order valence-electron chi connectivity index (χ3n) is 4.03. The van der Waals surface area contributed by atoms with Gasteiger partial charge in [-0.3, -0.25) is 19.4 Å². The first kappa shape index (κ1) is 19.8. The van der Waals surface area contributed by atoms with Gasteiger partial charge < -0.3 is 16.0 Å². The van der Waals surface area contributed by atoms with Gasteiger partial charge in [0.25, 0.3) is 11.8 Å². The molecule has 1 aromatic heterocycles. The molecule has 0 saturated heterocycles. The summed E-state index contributed by atoms with van der Waals surface area (Å²) >= 11 is 0. The predicted octanol–water partition coefficient (Wildman–Crippen LogP) is 3.22. The Hall–Kier alpha value is -4.00. The Kier molecular flexibility index (Phi) is 6.32. The molecule has 0 aliphatic heterocycles. The number of benzene rings is 2. The molecule has 7 heteroatoms. The molecule has 0 aliphatic rings. The number of carbonyl (C=O) groups excluding carboxylic acids is 3. The van der Waals surface area contributed by atoms with E-state index >= 15 is 0 Å². The van der Waals surface area contributed by atoms with Gasteiger partial charge in [0.1, 0.15) is 0 Å². The quantitative estimate of drug-likeness (QED) is 0.604. The smallest absolute Gasteiger partial charge is 0.255 e. The van der Waals surface area contributed by atoms with Gasteiger partial charge in [-0.05, 0) is 48.0 Å². The summed E-state index contributed by atoms with van der Waals surface area (Å²) < 4.78 is 0. The number of hydrogen-bond acceptors (Lipinski definition) is 4. The van der Waals surface area contributed by atoms with Gasteiger partial charge in [-0.25, -0.2) is 0 Å². The molecule has 0 spiro atoms. The van der Waals surface area contributed by atoms with E-state index in [-0.39, 0.29) is 17.7 Å². The highest BCUT2D eigenvalue weighted by Crippen LogP contribution is 2.14. The molecule has 0 unspecified atom stereocenters. The number of pyridine rings is 1. The van der Waals surface area contributed by atoms with Crippen LogP contribution in [0.15, 0.2) is 73.1 Å². The zero-order chi connectivity index (χ0) is 20.6. The lowest BCUT2D eigenvalue weighted by Gasteiger charge is -2.09. The molecule has 0 radical (unpaired) electrons. The van der Waals surface area contributed by atoms with Crippen molar-refractivity contribution in [2.24, 2.45) is 0 Å². The van der Waals surface area contributed by atoms with Crippen LogP contribution in [0.5, 0.6) is 0 Å². The standard InChI is InChI=1S/C22H20N4O3/c1-15(27)25-20-6-2-4-17(12-20)22(29)26-19-9-7-16(8-10-19)13-24-21(28)18-5-3-11-23-14-18/h2-12,14H,13H2,1H3,(H,24,28)(H,25,27)(H,26,29). The van der Waals surface area contributed by atoms with Crippen LogP contribution in [-0.4, -0.2) is 22.7 Å². The first-order chi connectivity index (χ1) is 14.0. The van der Waals surface area contributed by atoms with Crippen molar-refractivity contribution in [2.45, 2.75) is 13.5 Å². The van der Waals surface area contributed by atoms with E-state index in [0.29, 0.717) is 29.0 Å². The molecule has 3 amide bonds. The maximum absolute atomic E-state index is 12.4. The van der Waals surface area contributed by atoms with Crippen LogP contribution in [0.25, 0.3) is 0 Å². The van der Waals surface area contributed by atoms with Gasteiger partial charge in [0.2, 0.25) is 5.91 Å². The molecule has 2 aromatic carbocycles. The highest BCUT2D eigenvalue weighted by molar-refractivity contribution is 6.05. The van der Waals surface area contributed by atoms with Gasteiger partial charge >= 0.3 is 0 Å². The lowest BCUT2D eigenvalue weighted by Crippen LogP contribution is -2.22. The fourth-order valence-corrected chi connectivity index (χ4v) is 2.63. The fourth-order valence-electron chi connectivity index (χ4n) is 2.63. The molecule has 0 aliphatic carbocycles. The van der Waals surface area contributed by atoms with Gasteiger partial charge in [-0.15, -0.1) is 0 Å². The van der Waals surface area contributed by atoms with Gasteiger partial charge in [0.05, 0.1) is 5.56 Å². The summed E-state index contributed by atoms with van der Waals surface area (Å²) in [4.78, 5) is 39.5. The molecule has 3 aromatic rings.